The van der Waals surface area contributed by atoms with Crippen LogP contribution in [-0.2, 0) is 28.6 Å². The third-order valence-corrected chi connectivity index (χ3v) is 7.90. The molecular formula is C22H28N6O3S. The molecule has 1 saturated heterocycles. The van der Waals surface area contributed by atoms with Gasteiger partial charge in [-0.1, -0.05) is 6.07 Å². The first-order valence-corrected chi connectivity index (χ1v) is 11.7. The summed E-state index contributed by atoms with van der Waals surface area (Å²) in [7, 11) is 3.84. The molecule has 0 bridgehead atoms. The van der Waals surface area contributed by atoms with Gasteiger partial charge in [0.2, 0.25) is 17.7 Å². The molecule has 1 amide bonds. The van der Waals surface area contributed by atoms with Crippen molar-refractivity contribution in [2.45, 2.75) is 43.9 Å². The molecule has 1 aromatic heterocycles. The zero-order valence-corrected chi connectivity index (χ0v) is 19.5. The summed E-state index contributed by atoms with van der Waals surface area (Å²) in [5.74, 6) is 0.461. The van der Waals surface area contributed by atoms with Gasteiger partial charge in [0.1, 0.15) is 11.0 Å². The Kier molecular flexibility index (Phi) is 6.14. The van der Waals surface area contributed by atoms with E-state index in [0.717, 1.165) is 24.8 Å². The van der Waals surface area contributed by atoms with Gasteiger partial charge in [-0.2, -0.15) is 0 Å². The lowest BCUT2D eigenvalue weighted by Crippen LogP contribution is -2.54. The molecule has 10 heteroatoms. The van der Waals surface area contributed by atoms with Crippen LogP contribution >= 0.6 is 0 Å². The van der Waals surface area contributed by atoms with Gasteiger partial charge in [0.15, 0.2) is 0 Å². The second-order valence-electron chi connectivity index (χ2n) is 8.17. The number of hydrogen-bond acceptors (Lipinski definition) is 6. The molecule has 2 aliphatic rings. The molecule has 0 radical (unpaired) electrons. The SMILES string of the molecule is COc1cnc(CC(=O)Nc2ccc3c(c2)C2C(CCC3)S(=O)N(C)C(=N)N2C)c(C)n1. The number of anilines is 1. The summed E-state index contributed by atoms with van der Waals surface area (Å²) in [6.07, 6.45) is 4.26. The molecule has 170 valence electrons. The minimum atomic E-state index is -1.27. The zero-order chi connectivity index (χ0) is 23.0. The van der Waals surface area contributed by atoms with Crippen molar-refractivity contribution in [3.63, 3.8) is 0 Å². The van der Waals surface area contributed by atoms with Crippen molar-refractivity contribution >= 4 is 28.5 Å². The summed E-state index contributed by atoms with van der Waals surface area (Å²) in [6.45, 7) is 1.80. The highest BCUT2D eigenvalue weighted by Crippen LogP contribution is 2.40. The normalized spacial score (nSPS) is 22.6. The Morgan fingerprint density at radius 2 is 2.16 bits per heavy atom. The van der Waals surface area contributed by atoms with Crippen molar-refractivity contribution in [3.05, 3.63) is 46.9 Å². The lowest BCUT2D eigenvalue weighted by atomic mass is 9.97. The van der Waals surface area contributed by atoms with Crippen molar-refractivity contribution in [1.82, 2.24) is 19.2 Å². The zero-order valence-electron chi connectivity index (χ0n) is 18.7. The van der Waals surface area contributed by atoms with E-state index in [-0.39, 0.29) is 29.6 Å². The summed E-state index contributed by atoms with van der Waals surface area (Å²) in [5.41, 5.74) is 4.13. The molecule has 4 rings (SSSR count). The average molecular weight is 457 g/mol. The third-order valence-electron chi connectivity index (χ3n) is 6.18. The number of aromatic nitrogens is 2. The number of nitrogens with one attached hydrogen (secondary N) is 2. The van der Waals surface area contributed by atoms with Crippen molar-refractivity contribution in [2.24, 2.45) is 0 Å². The van der Waals surface area contributed by atoms with Gasteiger partial charge in [-0.3, -0.25) is 19.5 Å². The summed E-state index contributed by atoms with van der Waals surface area (Å²) in [5, 5.41) is 11.2. The molecule has 0 saturated carbocycles. The van der Waals surface area contributed by atoms with Crippen LogP contribution in [0.15, 0.2) is 24.4 Å². The Morgan fingerprint density at radius 3 is 2.88 bits per heavy atom. The average Bonchev–Trinajstić information content (AvgIpc) is 2.97. The highest BCUT2D eigenvalue weighted by Gasteiger charge is 2.43. The van der Waals surface area contributed by atoms with Crippen molar-refractivity contribution < 1.29 is 13.7 Å². The van der Waals surface area contributed by atoms with E-state index in [1.165, 1.54) is 23.2 Å². The molecule has 1 aromatic carbocycles. The van der Waals surface area contributed by atoms with E-state index < -0.39 is 11.0 Å². The number of fused-ring (bicyclic) bond motifs is 3. The predicted molar refractivity (Wildman–Crippen MR) is 123 cm³/mol. The van der Waals surface area contributed by atoms with Crippen LogP contribution in [0.2, 0.25) is 0 Å². The Hall–Kier alpha value is -3.01. The highest BCUT2D eigenvalue weighted by atomic mass is 32.2. The molecule has 1 aliphatic heterocycles. The number of ether oxygens (including phenoxy) is 1. The molecule has 1 fully saturated rings. The second-order valence-corrected chi connectivity index (χ2v) is 9.87. The maximum atomic E-state index is 13.0. The number of aryl methyl sites for hydroxylation is 2. The number of carbonyl (C=O) groups excluding carboxylic acids is 1. The third kappa shape index (κ3) is 4.06. The van der Waals surface area contributed by atoms with E-state index in [4.69, 9.17) is 10.1 Å². The number of methoxy groups -OCH3 is 1. The van der Waals surface area contributed by atoms with E-state index >= 15 is 0 Å². The van der Waals surface area contributed by atoms with Crippen LogP contribution in [0.1, 0.15) is 41.4 Å². The van der Waals surface area contributed by atoms with Crippen LogP contribution in [0.25, 0.3) is 0 Å². The first-order chi connectivity index (χ1) is 15.3. The number of benzene rings is 1. The lowest BCUT2D eigenvalue weighted by Gasteiger charge is -2.44. The first-order valence-electron chi connectivity index (χ1n) is 10.5. The molecular weight excluding hydrogens is 428 g/mol. The Balaban J connectivity index is 1.58. The maximum absolute atomic E-state index is 13.0. The fourth-order valence-electron chi connectivity index (χ4n) is 4.45. The van der Waals surface area contributed by atoms with Gasteiger partial charge in [-0.25, -0.2) is 9.19 Å². The van der Waals surface area contributed by atoms with E-state index in [9.17, 15) is 9.00 Å². The quantitative estimate of drug-likeness (QED) is 0.730. The van der Waals surface area contributed by atoms with Crippen LogP contribution < -0.4 is 10.1 Å². The van der Waals surface area contributed by atoms with Gasteiger partial charge in [0.25, 0.3) is 0 Å². The summed E-state index contributed by atoms with van der Waals surface area (Å²) >= 11 is 0. The van der Waals surface area contributed by atoms with Crippen LogP contribution in [0.3, 0.4) is 0 Å². The number of hydrogen-bond donors (Lipinski definition) is 2. The fraction of sp³-hybridized carbons (Fsp3) is 0.455. The first kappa shape index (κ1) is 22.2. The molecule has 0 spiro atoms. The van der Waals surface area contributed by atoms with Crippen molar-refractivity contribution in [1.29, 1.82) is 5.41 Å². The summed E-state index contributed by atoms with van der Waals surface area (Å²) in [4.78, 5) is 23.2. The molecule has 2 aromatic rings. The molecule has 2 heterocycles. The monoisotopic (exact) mass is 456 g/mol. The molecule has 1 aliphatic carbocycles. The molecule has 3 atom stereocenters. The Labute approximate surface area is 190 Å². The van der Waals surface area contributed by atoms with E-state index in [1.807, 2.05) is 30.1 Å². The van der Waals surface area contributed by atoms with Gasteiger partial charge in [0.05, 0.1) is 42.4 Å². The number of rotatable bonds is 4. The van der Waals surface area contributed by atoms with Crippen LogP contribution in [0.4, 0.5) is 5.69 Å². The van der Waals surface area contributed by atoms with E-state index in [0.29, 0.717) is 23.0 Å². The number of carbonyl (C=O) groups is 1. The fourth-order valence-corrected chi connectivity index (χ4v) is 6.08. The Bertz CT molecular complexity index is 1090. The second kappa shape index (κ2) is 8.85. The molecule has 32 heavy (non-hydrogen) atoms. The van der Waals surface area contributed by atoms with Gasteiger partial charge >= 0.3 is 0 Å². The van der Waals surface area contributed by atoms with Gasteiger partial charge in [0, 0.05) is 19.8 Å². The standard InChI is InChI=1S/C22H28N6O3S/c1-13-17(24-12-20(25-13)31-4)11-19(29)26-15-9-8-14-6-5-7-18-21(16(14)10-15)27(2)22(23)28(3)32(18)30/h8-10,12,18,21,23H,5-7,11H2,1-4H3,(H,26,29). The van der Waals surface area contributed by atoms with Crippen molar-refractivity contribution in [2.75, 3.05) is 26.5 Å². The maximum Gasteiger partial charge on any atom is 0.232 e. The van der Waals surface area contributed by atoms with Gasteiger partial charge in [-0.15, -0.1) is 0 Å². The Morgan fingerprint density at radius 1 is 1.38 bits per heavy atom. The molecule has 3 unspecified atom stereocenters. The molecule has 9 nitrogen and oxygen atoms in total. The van der Waals surface area contributed by atoms with Gasteiger partial charge < -0.3 is 15.0 Å². The molecule has 2 N–H and O–H groups in total. The van der Waals surface area contributed by atoms with Gasteiger partial charge in [-0.05, 0) is 49.4 Å². The number of amides is 1. The number of guanidine groups is 1. The topological polar surface area (TPSA) is 112 Å². The minimum absolute atomic E-state index is 0.0940. The predicted octanol–water partition coefficient (Wildman–Crippen LogP) is 2.20. The highest BCUT2D eigenvalue weighted by molar-refractivity contribution is 7.84. The minimum Gasteiger partial charge on any atom is -0.480 e. The summed E-state index contributed by atoms with van der Waals surface area (Å²) in [6, 6.07) is 5.74. The van der Waals surface area contributed by atoms with Crippen molar-refractivity contribution in [3.8, 4) is 5.88 Å². The van der Waals surface area contributed by atoms with Crippen LogP contribution in [0, 0.1) is 12.3 Å². The number of nitrogens with zero attached hydrogens (tertiary/aromatic N) is 4. The smallest absolute Gasteiger partial charge is 0.232 e. The van der Waals surface area contributed by atoms with Crippen LogP contribution in [0.5, 0.6) is 5.88 Å². The lowest BCUT2D eigenvalue weighted by molar-refractivity contribution is -0.115. The largest absolute Gasteiger partial charge is 0.480 e. The van der Waals surface area contributed by atoms with E-state index in [2.05, 4.69) is 15.3 Å². The van der Waals surface area contributed by atoms with Crippen LogP contribution in [-0.4, -0.2) is 61.7 Å². The summed E-state index contributed by atoms with van der Waals surface area (Å²) < 4.78 is 19.6. The van der Waals surface area contributed by atoms with E-state index in [1.54, 1.807) is 14.0 Å².